The Kier molecular flexibility index (Phi) is 6.65. The molecule has 0 aromatic heterocycles. The molecule has 2 heterocycles. The smallest absolute Gasteiger partial charge is 0.323 e. The fourth-order valence-corrected chi connectivity index (χ4v) is 5.91. The van der Waals surface area contributed by atoms with Crippen molar-refractivity contribution in [1.29, 1.82) is 0 Å². The van der Waals surface area contributed by atoms with Crippen molar-refractivity contribution in [3.05, 3.63) is 88.4 Å². The molecule has 1 unspecified atom stereocenters. The van der Waals surface area contributed by atoms with Gasteiger partial charge in [-0.25, -0.2) is 4.79 Å². The number of halogens is 1. The number of nitrogens with one attached hydrogen (secondary N) is 2. The SMILES string of the molecule is Cc1ccc(NC(=O)Nc2ccc3c(c2)[C@]2(CC(=O)N(CC(C)C)C2c2ccccc2)C(=O)N3C)cc1Cl. The number of hydrogen-bond donors (Lipinski definition) is 2. The quantitative estimate of drug-likeness (QED) is 0.416. The van der Waals surface area contributed by atoms with E-state index in [1.807, 2.05) is 60.4 Å². The van der Waals surface area contributed by atoms with Crippen LogP contribution in [-0.2, 0) is 15.0 Å². The van der Waals surface area contributed by atoms with Gasteiger partial charge in [-0.05, 0) is 59.9 Å². The molecule has 8 heteroatoms. The Balaban J connectivity index is 1.53. The summed E-state index contributed by atoms with van der Waals surface area (Å²) < 4.78 is 0. The van der Waals surface area contributed by atoms with Crippen LogP contribution in [-0.4, -0.2) is 36.3 Å². The number of hydrogen-bond acceptors (Lipinski definition) is 3. The molecule has 38 heavy (non-hydrogen) atoms. The van der Waals surface area contributed by atoms with Crippen molar-refractivity contribution in [2.24, 2.45) is 5.92 Å². The second-order valence-corrected chi connectivity index (χ2v) is 10.9. The first-order valence-electron chi connectivity index (χ1n) is 12.7. The van der Waals surface area contributed by atoms with E-state index in [0.29, 0.717) is 22.9 Å². The van der Waals surface area contributed by atoms with Gasteiger partial charge in [0, 0.05) is 42.1 Å². The van der Waals surface area contributed by atoms with E-state index in [4.69, 9.17) is 11.6 Å². The summed E-state index contributed by atoms with van der Waals surface area (Å²) in [6.45, 7) is 6.58. The summed E-state index contributed by atoms with van der Waals surface area (Å²) in [5, 5.41) is 6.24. The molecule has 0 aliphatic carbocycles. The van der Waals surface area contributed by atoms with Crippen molar-refractivity contribution < 1.29 is 14.4 Å². The van der Waals surface area contributed by atoms with E-state index in [-0.39, 0.29) is 24.2 Å². The summed E-state index contributed by atoms with van der Waals surface area (Å²) in [5.74, 6) is 0.0763. The minimum absolute atomic E-state index is 0.0468. The average Bonchev–Trinajstić information content (AvgIpc) is 3.27. The molecule has 2 atom stereocenters. The summed E-state index contributed by atoms with van der Waals surface area (Å²) in [6, 6.07) is 19.6. The fourth-order valence-electron chi connectivity index (χ4n) is 5.73. The molecule has 5 rings (SSSR count). The number of anilines is 3. The number of likely N-dealkylation sites (tertiary alicyclic amines) is 1. The van der Waals surface area contributed by atoms with Crippen LogP contribution in [0.1, 0.15) is 43.0 Å². The van der Waals surface area contributed by atoms with Crippen LogP contribution in [0.4, 0.5) is 21.9 Å². The normalized spacial score (nSPS) is 20.4. The first-order chi connectivity index (χ1) is 18.1. The number of amides is 4. The van der Waals surface area contributed by atoms with Crippen LogP contribution < -0.4 is 15.5 Å². The Labute approximate surface area is 227 Å². The maximum atomic E-state index is 14.0. The third-order valence-corrected chi connectivity index (χ3v) is 7.83. The van der Waals surface area contributed by atoms with Gasteiger partial charge < -0.3 is 20.4 Å². The first-order valence-corrected chi connectivity index (χ1v) is 13.1. The van der Waals surface area contributed by atoms with Crippen LogP contribution >= 0.6 is 11.6 Å². The van der Waals surface area contributed by atoms with Gasteiger partial charge in [0.15, 0.2) is 0 Å². The molecular weight excluding hydrogens is 500 g/mol. The molecule has 1 saturated heterocycles. The number of benzene rings is 3. The second kappa shape index (κ2) is 9.80. The molecule has 1 spiro atoms. The van der Waals surface area contributed by atoms with E-state index < -0.39 is 17.5 Å². The van der Waals surface area contributed by atoms with Gasteiger partial charge >= 0.3 is 6.03 Å². The molecule has 196 valence electrons. The Hall–Kier alpha value is -3.84. The largest absolute Gasteiger partial charge is 0.334 e. The monoisotopic (exact) mass is 530 g/mol. The number of urea groups is 1. The molecule has 2 aliphatic rings. The average molecular weight is 531 g/mol. The van der Waals surface area contributed by atoms with Gasteiger partial charge in [-0.1, -0.05) is 61.8 Å². The highest BCUT2D eigenvalue weighted by atomic mass is 35.5. The van der Waals surface area contributed by atoms with Gasteiger partial charge in [0.2, 0.25) is 11.8 Å². The summed E-state index contributed by atoms with van der Waals surface area (Å²) >= 11 is 6.20. The van der Waals surface area contributed by atoms with Gasteiger partial charge in [0.25, 0.3) is 0 Å². The van der Waals surface area contributed by atoms with Gasteiger partial charge in [-0.3, -0.25) is 9.59 Å². The number of likely N-dealkylation sites (N-methyl/N-ethyl adjacent to an activating group) is 1. The van der Waals surface area contributed by atoms with Gasteiger partial charge in [0.05, 0.1) is 6.04 Å². The van der Waals surface area contributed by atoms with Crippen LogP contribution in [0.15, 0.2) is 66.7 Å². The first kappa shape index (κ1) is 25.8. The van der Waals surface area contributed by atoms with Crippen molar-refractivity contribution in [2.45, 2.75) is 38.6 Å². The molecule has 7 nitrogen and oxygen atoms in total. The molecular formula is C30H31ClN4O3. The lowest BCUT2D eigenvalue weighted by Crippen LogP contribution is -2.44. The van der Waals surface area contributed by atoms with Crippen molar-refractivity contribution in [1.82, 2.24) is 4.90 Å². The maximum Gasteiger partial charge on any atom is 0.323 e. The lowest BCUT2D eigenvalue weighted by molar-refractivity contribution is -0.129. The number of nitrogens with zero attached hydrogens (tertiary/aromatic N) is 2. The lowest BCUT2D eigenvalue weighted by atomic mass is 9.72. The standard InChI is InChI=1S/C30H31ClN4O3/c1-18(2)17-35-26(36)16-30(27(35)20-8-6-5-7-9-20)23-14-21(12-13-25(23)34(4)28(30)37)32-29(38)33-22-11-10-19(3)24(31)15-22/h5-15,18,27H,16-17H2,1-4H3,(H2,32,33,38)/t27?,30-/m0/s1. The van der Waals surface area contributed by atoms with Crippen LogP contribution in [0.2, 0.25) is 5.02 Å². The minimum Gasteiger partial charge on any atom is -0.334 e. The zero-order valence-corrected chi connectivity index (χ0v) is 22.7. The molecule has 4 amide bonds. The van der Waals surface area contributed by atoms with Gasteiger partial charge in [0.1, 0.15) is 5.41 Å². The van der Waals surface area contributed by atoms with Crippen molar-refractivity contribution >= 4 is 46.5 Å². The number of fused-ring (bicyclic) bond motifs is 2. The highest BCUT2D eigenvalue weighted by Gasteiger charge is 2.63. The molecule has 1 fully saturated rings. The van der Waals surface area contributed by atoms with E-state index in [0.717, 1.165) is 22.4 Å². The Morgan fingerprint density at radius 3 is 2.34 bits per heavy atom. The van der Waals surface area contributed by atoms with Crippen molar-refractivity contribution in [3.8, 4) is 0 Å². The predicted molar refractivity (Wildman–Crippen MR) is 151 cm³/mol. The molecule has 3 aromatic rings. The third kappa shape index (κ3) is 4.31. The lowest BCUT2D eigenvalue weighted by Gasteiger charge is -2.35. The Morgan fingerprint density at radius 1 is 1.03 bits per heavy atom. The molecule has 0 bridgehead atoms. The highest BCUT2D eigenvalue weighted by Crippen LogP contribution is 2.57. The molecule has 0 radical (unpaired) electrons. The van der Waals surface area contributed by atoms with E-state index in [1.165, 1.54) is 0 Å². The molecule has 2 N–H and O–H groups in total. The highest BCUT2D eigenvalue weighted by molar-refractivity contribution is 6.31. The molecule has 0 saturated carbocycles. The third-order valence-electron chi connectivity index (χ3n) is 7.42. The van der Waals surface area contributed by atoms with E-state index in [2.05, 4.69) is 24.5 Å². The fraction of sp³-hybridized carbons (Fsp3) is 0.300. The topological polar surface area (TPSA) is 81.8 Å². The minimum atomic E-state index is -1.09. The van der Waals surface area contributed by atoms with E-state index >= 15 is 0 Å². The summed E-state index contributed by atoms with van der Waals surface area (Å²) in [7, 11) is 1.74. The van der Waals surface area contributed by atoms with E-state index in [9.17, 15) is 14.4 Å². The summed E-state index contributed by atoms with van der Waals surface area (Å²) in [4.78, 5) is 43.8. The zero-order chi connectivity index (χ0) is 27.2. The number of carbonyl (C=O) groups is 3. The van der Waals surface area contributed by atoms with Crippen LogP contribution in [0, 0.1) is 12.8 Å². The van der Waals surface area contributed by atoms with Crippen LogP contribution in [0.5, 0.6) is 0 Å². The van der Waals surface area contributed by atoms with E-state index in [1.54, 1.807) is 30.1 Å². The summed E-state index contributed by atoms with van der Waals surface area (Å²) in [6.07, 6.45) is 0.0764. The zero-order valence-electron chi connectivity index (χ0n) is 21.9. The number of rotatable bonds is 5. The van der Waals surface area contributed by atoms with Crippen LogP contribution in [0.3, 0.4) is 0 Å². The predicted octanol–water partition coefficient (Wildman–Crippen LogP) is 6.14. The summed E-state index contributed by atoms with van der Waals surface area (Å²) in [5.41, 5.74) is 3.34. The number of aryl methyl sites for hydroxylation is 1. The molecule has 3 aromatic carbocycles. The Bertz CT molecular complexity index is 1420. The van der Waals surface area contributed by atoms with Crippen LogP contribution in [0.25, 0.3) is 0 Å². The van der Waals surface area contributed by atoms with Gasteiger partial charge in [-0.15, -0.1) is 0 Å². The Morgan fingerprint density at radius 2 is 1.68 bits per heavy atom. The maximum absolute atomic E-state index is 14.0. The van der Waals surface area contributed by atoms with Gasteiger partial charge in [-0.2, -0.15) is 0 Å². The molecule has 2 aliphatic heterocycles. The van der Waals surface area contributed by atoms with Crippen molar-refractivity contribution in [3.63, 3.8) is 0 Å². The second-order valence-electron chi connectivity index (χ2n) is 10.5. The van der Waals surface area contributed by atoms with Crippen molar-refractivity contribution in [2.75, 3.05) is 29.1 Å². The number of carbonyl (C=O) groups excluding carboxylic acids is 3.